The van der Waals surface area contributed by atoms with E-state index in [4.69, 9.17) is 5.11 Å². The van der Waals surface area contributed by atoms with E-state index in [1.54, 1.807) is 0 Å². The van der Waals surface area contributed by atoms with Crippen molar-refractivity contribution in [3.05, 3.63) is 12.2 Å². The summed E-state index contributed by atoms with van der Waals surface area (Å²) in [7, 11) is 0. The van der Waals surface area contributed by atoms with E-state index in [1.165, 1.54) is 32.1 Å². The summed E-state index contributed by atoms with van der Waals surface area (Å²) in [4.78, 5) is 11.1. The van der Waals surface area contributed by atoms with Crippen LogP contribution in [0.2, 0.25) is 0 Å². The van der Waals surface area contributed by atoms with Gasteiger partial charge in [0.15, 0.2) is 0 Å². The minimum absolute atomic E-state index is 0.118. The Bertz CT molecular complexity index is 246. The van der Waals surface area contributed by atoms with Gasteiger partial charge in [-0.3, -0.25) is 4.79 Å². The lowest BCUT2D eigenvalue weighted by Crippen LogP contribution is -2.13. The Kier molecular flexibility index (Phi) is 14.0. The Labute approximate surface area is 125 Å². The topological polar surface area (TPSA) is 37.3 Å². The average Bonchev–Trinajstić information content (AvgIpc) is 2.43. The summed E-state index contributed by atoms with van der Waals surface area (Å²) in [6.07, 6.45) is 18.2. The number of allylic oxidation sites excluding steroid dienone is 2. The highest BCUT2D eigenvalue weighted by atomic mass is 16.4. The second-order valence-corrected chi connectivity index (χ2v) is 5.78. The molecule has 0 fully saturated rings. The summed E-state index contributed by atoms with van der Waals surface area (Å²) in [5.74, 6) is -0.724. The van der Waals surface area contributed by atoms with Crippen LogP contribution >= 0.6 is 0 Å². The van der Waals surface area contributed by atoms with Crippen LogP contribution in [0.25, 0.3) is 0 Å². The molecule has 0 radical (unpaired) electrons. The first kappa shape index (κ1) is 19.2. The molecule has 0 aliphatic heterocycles. The van der Waals surface area contributed by atoms with Gasteiger partial charge in [0.2, 0.25) is 0 Å². The van der Waals surface area contributed by atoms with Crippen molar-refractivity contribution in [2.75, 3.05) is 0 Å². The van der Waals surface area contributed by atoms with Gasteiger partial charge in [0.05, 0.1) is 5.92 Å². The van der Waals surface area contributed by atoms with Gasteiger partial charge in [0.1, 0.15) is 0 Å². The summed E-state index contributed by atoms with van der Waals surface area (Å²) in [6.45, 7) is 4.35. The van der Waals surface area contributed by atoms with Gasteiger partial charge in [0.25, 0.3) is 0 Å². The third kappa shape index (κ3) is 12.3. The van der Waals surface area contributed by atoms with Crippen LogP contribution in [0.1, 0.15) is 90.9 Å². The minimum Gasteiger partial charge on any atom is -0.481 e. The first-order chi connectivity index (χ1) is 9.72. The summed E-state index contributed by atoms with van der Waals surface area (Å²) in [6, 6.07) is 0. The quantitative estimate of drug-likeness (QED) is 0.315. The molecule has 118 valence electrons. The van der Waals surface area contributed by atoms with E-state index in [9.17, 15) is 4.79 Å². The molecule has 0 heterocycles. The molecule has 0 amide bonds. The fraction of sp³-hybridized carbons (Fsp3) is 0.833. The van der Waals surface area contributed by atoms with Crippen LogP contribution in [0.3, 0.4) is 0 Å². The summed E-state index contributed by atoms with van der Waals surface area (Å²) in [5.41, 5.74) is 0. The molecular weight excluding hydrogens is 248 g/mol. The first-order valence-corrected chi connectivity index (χ1v) is 8.60. The normalized spacial score (nSPS) is 12.9. The molecular formula is C18H34O2. The van der Waals surface area contributed by atoms with E-state index >= 15 is 0 Å². The van der Waals surface area contributed by atoms with E-state index in [2.05, 4.69) is 26.0 Å². The maximum atomic E-state index is 11.1. The highest BCUT2D eigenvalue weighted by Crippen LogP contribution is 2.17. The van der Waals surface area contributed by atoms with Gasteiger partial charge in [-0.1, -0.05) is 64.5 Å². The highest BCUT2D eigenvalue weighted by Gasteiger charge is 2.15. The van der Waals surface area contributed by atoms with Crippen molar-refractivity contribution in [2.24, 2.45) is 5.92 Å². The fourth-order valence-electron chi connectivity index (χ4n) is 2.42. The maximum Gasteiger partial charge on any atom is 0.306 e. The van der Waals surface area contributed by atoms with E-state index < -0.39 is 5.97 Å². The lowest BCUT2D eigenvalue weighted by atomic mass is 9.95. The van der Waals surface area contributed by atoms with Gasteiger partial charge in [0, 0.05) is 0 Å². The van der Waals surface area contributed by atoms with Gasteiger partial charge < -0.3 is 5.11 Å². The van der Waals surface area contributed by atoms with E-state index in [0.29, 0.717) is 0 Å². The maximum absolute atomic E-state index is 11.1. The molecule has 0 aromatic heterocycles. The molecule has 1 N–H and O–H groups in total. The molecule has 0 spiro atoms. The average molecular weight is 282 g/mol. The zero-order valence-corrected chi connectivity index (χ0v) is 13.6. The molecule has 0 aromatic rings. The largest absolute Gasteiger partial charge is 0.481 e. The Morgan fingerprint density at radius 3 is 1.95 bits per heavy atom. The number of carbonyl (C=O) groups is 1. The highest BCUT2D eigenvalue weighted by molar-refractivity contribution is 5.69. The Hall–Kier alpha value is -0.790. The van der Waals surface area contributed by atoms with Crippen molar-refractivity contribution >= 4 is 5.97 Å². The Balaban J connectivity index is 3.48. The van der Waals surface area contributed by atoms with Gasteiger partial charge >= 0.3 is 5.97 Å². The molecule has 1 atom stereocenters. The molecule has 1 unspecified atom stereocenters. The smallest absolute Gasteiger partial charge is 0.306 e. The number of aliphatic carboxylic acids is 1. The zero-order chi connectivity index (χ0) is 15.1. The lowest BCUT2D eigenvalue weighted by Gasteiger charge is -2.10. The van der Waals surface area contributed by atoms with Gasteiger partial charge in [-0.05, 0) is 38.5 Å². The van der Waals surface area contributed by atoms with Gasteiger partial charge in [-0.25, -0.2) is 0 Å². The SMILES string of the molecule is CCCCCCC=CCCCCC(CCCC)C(=O)O. The summed E-state index contributed by atoms with van der Waals surface area (Å²) >= 11 is 0. The van der Waals surface area contributed by atoms with Crippen LogP contribution in [0.5, 0.6) is 0 Å². The molecule has 0 aliphatic rings. The van der Waals surface area contributed by atoms with Crippen LogP contribution in [-0.2, 0) is 4.79 Å². The van der Waals surface area contributed by atoms with Crippen molar-refractivity contribution in [2.45, 2.75) is 90.9 Å². The molecule has 0 rings (SSSR count). The lowest BCUT2D eigenvalue weighted by molar-refractivity contribution is -0.142. The number of carboxylic acids is 1. The second-order valence-electron chi connectivity index (χ2n) is 5.78. The van der Waals surface area contributed by atoms with E-state index in [1.807, 2.05) is 0 Å². The predicted octanol–water partition coefficient (Wildman–Crippen LogP) is 5.96. The van der Waals surface area contributed by atoms with Gasteiger partial charge in [-0.15, -0.1) is 0 Å². The Morgan fingerprint density at radius 1 is 0.850 bits per heavy atom. The van der Waals surface area contributed by atoms with Crippen molar-refractivity contribution in [1.82, 2.24) is 0 Å². The second kappa shape index (κ2) is 14.6. The first-order valence-electron chi connectivity index (χ1n) is 8.60. The van der Waals surface area contributed by atoms with Crippen molar-refractivity contribution in [3.63, 3.8) is 0 Å². The Morgan fingerprint density at radius 2 is 1.40 bits per heavy atom. The van der Waals surface area contributed by atoms with Crippen molar-refractivity contribution in [3.8, 4) is 0 Å². The van der Waals surface area contributed by atoms with Crippen LogP contribution in [-0.4, -0.2) is 11.1 Å². The van der Waals surface area contributed by atoms with Crippen LogP contribution < -0.4 is 0 Å². The summed E-state index contributed by atoms with van der Waals surface area (Å²) < 4.78 is 0. The third-order valence-electron chi connectivity index (χ3n) is 3.82. The molecule has 20 heavy (non-hydrogen) atoms. The fourth-order valence-corrected chi connectivity index (χ4v) is 2.42. The van der Waals surface area contributed by atoms with Crippen LogP contribution in [0.15, 0.2) is 12.2 Å². The number of hydrogen-bond donors (Lipinski definition) is 1. The number of rotatable bonds is 14. The van der Waals surface area contributed by atoms with E-state index in [0.717, 1.165) is 44.9 Å². The predicted molar refractivity (Wildman–Crippen MR) is 87.0 cm³/mol. The molecule has 0 aliphatic carbocycles. The number of unbranched alkanes of at least 4 members (excludes halogenated alkanes) is 7. The van der Waals surface area contributed by atoms with Crippen LogP contribution in [0.4, 0.5) is 0 Å². The van der Waals surface area contributed by atoms with E-state index in [-0.39, 0.29) is 5.92 Å². The van der Waals surface area contributed by atoms with Crippen molar-refractivity contribution in [1.29, 1.82) is 0 Å². The number of carboxylic acid groups (broad SMARTS) is 1. The van der Waals surface area contributed by atoms with Crippen molar-refractivity contribution < 1.29 is 9.90 Å². The van der Waals surface area contributed by atoms with Gasteiger partial charge in [-0.2, -0.15) is 0 Å². The standard InChI is InChI=1S/C18H34O2/c1-3-5-7-8-9-10-11-12-13-14-16-17(18(19)20)15-6-4-2/h10-11,17H,3-9,12-16H2,1-2H3,(H,19,20). The molecule has 2 nitrogen and oxygen atoms in total. The zero-order valence-electron chi connectivity index (χ0n) is 13.6. The molecule has 0 saturated heterocycles. The molecule has 0 bridgehead atoms. The number of hydrogen-bond acceptors (Lipinski definition) is 1. The van der Waals surface area contributed by atoms with Crippen LogP contribution in [0, 0.1) is 5.92 Å². The third-order valence-corrected chi connectivity index (χ3v) is 3.82. The minimum atomic E-state index is -0.607. The molecule has 0 saturated carbocycles. The molecule has 0 aromatic carbocycles. The molecule has 2 heteroatoms. The monoisotopic (exact) mass is 282 g/mol. The summed E-state index contributed by atoms with van der Waals surface area (Å²) in [5, 5.41) is 9.13.